The van der Waals surface area contributed by atoms with Crippen LogP contribution in [0.2, 0.25) is 0 Å². The number of carbonyl (C=O) groups is 1. The van der Waals surface area contributed by atoms with E-state index < -0.39 is 5.97 Å². The van der Waals surface area contributed by atoms with E-state index in [2.05, 4.69) is 33.6 Å². The molecule has 0 saturated heterocycles. The predicted octanol–water partition coefficient (Wildman–Crippen LogP) is 4.24. The van der Waals surface area contributed by atoms with Gasteiger partial charge < -0.3 is 9.84 Å². The van der Waals surface area contributed by atoms with Gasteiger partial charge in [-0.3, -0.25) is 0 Å². The minimum atomic E-state index is -0.989. The van der Waals surface area contributed by atoms with Gasteiger partial charge in [-0.2, -0.15) is 9.36 Å². The Balaban J connectivity index is 1.75. The smallest absolute Gasteiger partial charge is 0.335 e. The average Bonchev–Trinajstić information content (AvgIpc) is 2.98. The van der Waals surface area contributed by atoms with Gasteiger partial charge in [-0.15, -0.1) is 0 Å². The molecule has 1 aromatic heterocycles. The average molecular weight is 340 g/mol. The number of hydrogen-bond donors (Lipinski definition) is 1. The molecule has 0 saturated carbocycles. The first-order valence-electron chi connectivity index (χ1n) is 7.41. The topological polar surface area (TPSA) is 72.3 Å². The molecule has 0 spiro atoms. The lowest BCUT2D eigenvalue weighted by atomic mass is 10.1. The molecule has 0 amide bonds. The van der Waals surface area contributed by atoms with Gasteiger partial charge in [0.2, 0.25) is 0 Å². The van der Waals surface area contributed by atoms with Gasteiger partial charge in [-0.05, 0) is 37.1 Å². The maximum Gasteiger partial charge on any atom is 0.335 e. The molecule has 0 fully saturated rings. The van der Waals surface area contributed by atoms with Crippen molar-refractivity contribution in [1.82, 2.24) is 9.36 Å². The van der Waals surface area contributed by atoms with Crippen molar-refractivity contribution in [2.24, 2.45) is 0 Å². The van der Waals surface area contributed by atoms with Crippen LogP contribution < -0.4 is 4.74 Å². The first kappa shape index (κ1) is 16.1. The van der Waals surface area contributed by atoms with Crippen molar-refractivity contribution < 1.29 is 14.6 Å². The predicted molar refractivity (Wildman–Crippen MR) is 92.1 cm³/mol. The van der Waals surface area contributed by atoms with Crippen LogP contribution in [-0.2, 0) is 6.42 Å². The number of carboxylic acids is 1. The van der Waals surface area contributed by atoms with E-state index >= 15 is 0 Å². The summed E-state index contributed by atoms with van der Waals surface area (Å²) < 4.78 is 10.0. The summed E-state index contributed by atoms with van der Waals surface area (Å²) >= 11 is 1.16. The van der Waals surface area contributed by atoms with Gasteiger partial charge in [0.05, 0.1) is 5.56 Å². The van der Waals surface area contributed by atoms with Crippen molar-refractivity contribution in [3.8, 4) is 10.9 Å². The first-order valence-corrected chi connectivity index (χ1v) is 8.18. The van der Waals surface area contributed by atoms with Crippen molar-refractivity contribution in [3.05, 3.63) is 70.5 Å². The molecular formula is C18H16N2O3S. The molecule has 0 unspecified atom stereocenters. The lowest BCUT2D eigenvalue weighted by Crippen LogP contribution is -1.97. The molecular weight excluding hydrogens is 324 g/mol. The first-order chi connectivity index (χ1) is 11.5. The third-order valence-electron chi connectivity index (χ3n) is 3.56. The molecule has 0 aliphatic heterocycles. The Labute approximate surface area is 143 Å². The van der Waals surface area contributed by atoms with Crippen molar-refractivity contribution in [2.45, 2.75) is 20.3 Å². The highest BCUT2D eigenvalue weighted by Crippen LogP contribution is 2.27. The zero-order valence-corrected chi connectivity index (χ0v) is 14.1. The van der Waals surface area contributed by atoms with Crippen LogP contribution in [-0.4, -0.2) is 20.4 Å². The second kappa shape index (κ2) is 6.80. The quantitative estimate of drug-likeness (QED) is 0.752. The van der Waals surface area contributed by atoms with Crippen LogP contribution in [0, 0.1) is 13.8 Å². The third kappa shape index (κ3) is 3.78. The molecule has 3 rings (SSSR count). The van der Waals surface area contributed by atoms with Gasteiger partial charge >= 0.3 is 5.97 Å². The van der Waals surface area contributed by atoms with Gasteiger partial charge in [0, 0.05) is 18.0 Å². The summed E-state index contributed by atoms with van der Waals surface area (Å²) in [7, 11) is 0. The fraction of sp³-hybridized carbons (Fsp3) is 0.167. The van der Waals surface area contributed by atoms with E-state index in [0.29, 0.717) is 23.2 Å². The van der Waals surface area contributed by atoms with Crippen LogP contribution >= 0.6 is 11.5 Å². The zero-order chi connectivity index (χ0) is 17.1. The number of hydrogen-bond acceptors (Lipinski definition) is 5. The Hall–Kier alpha value is -2.73. The summed E-state index contributed by atoms with van der Waals surface area (Å²) in [5.74, 6) is 0.177. The minimum absolute atomic E-state index is 0.181. The molecule has 0 aliphatic rings. The summed E-state index contributed by atoms with van der Waals surface area (Å²) in [5.41, 5.74) is 3.37. The Bertz CT molecular complexity index is 872. The van der Waals surface area contributed by atoms with E-state index in [4.69, 9.17) is 9.84 Å². The molecule has 2 aromatic carbocycles. The molecule has 0 aliphatic carbocycles. The number of aryl methyl sites for hydroxylation is 2. The maximum atomic E-state index is 11.1. The summed E-state index contributed by atoms with van der Waals surface area (Å²) in [6, 6.07) is 13.0. The van der Waals surface area contributed by atoms with Crippen molar-refractivity contribution in [2.75, 3.05) is 0 Å². The van der Waals surface area contributed by atoms with Crippen LogP contribution in [0.25, 0.3) is 0 Å². The number of carboxylic acid groups (broad SMARTS) is 1. The Morgan fingerprint density at radius 1 is 1.17 bits per heavy atom. The number of aromatic carboxylic acids is 1. The third-order valence-corrected chi connectivity index (χ3v) is 4.20. The van der Waals surface area contributed by atoms with Crippen LogP contribution in [0.15, 0.2) is 42.5 Å². The fourth-order valence-corrected chi connectivity index (χ4v) is 2.74. The Kier molecular flexibility index (Phi) is 4.57. The van der Waals surface area contributed by atoms with E-state index in [1.807, 2.05) is 13.8 Å². The zero-order valence-electron chi connectivity index (χ0n) is 13.3. The lowest BCUT2D eigenvalue weighted by molar-refractivity contribution is 0.0696. The highest BCUT2D eigenvalue weighted by atomic mass is 32.1. The highest BCUT2D eigenvalue weighted by molar-refractivity contribution is 7.07. The standard InChI is InChI=1S/C18H16N2O3S/c1-11-3-6-13(7-4-11)9-16-19-18(24-20-16)23-15-10-14(17(21)22)8-5-12(15)2/h3-8,10H,9H2,1-2H3,(H,21,22). The Morgan fingerprint density at radius 3 is 2.62 bits per heavy atom. The summed E-state index contributed by atoms with van der Waals surface area (Å²) in [4.78, 5) is 15.4. The Morgan fingerprint density at radius 2 is 1.92 bits per heavy atom. The summed E-state index contributed by atoms with van der Waals surface area (Å²) in [5, 5.41) is 9.48. The molecule has 5 nitrogen and oxygen atoms in total. The number of benzene rings is 2. The van der Waals surface area contributed by atoms with Gasteiger partial charge in [0.1, 0.15) is 5.75 Å². The van der Waals surface area contributed by atoms with Gasteiger partial charge in [0.15, 0.2) is 5.82 Å². The van der Waals surface area contributed by atoms with Gasteiger partial charge in [0.25, 0.3) is 5.19 Å². The second-order valence-corrected chi connectivity index (χ2v) is 6.24. The van der Waals surface area contributed by atoms with E-state index in [1.54, 1.807) is 12.1 Å². The summed E-state index contributed by atoms with van der Waals surface area (Å²) in [6.07, 6.45) is 0.633. The van der Waals surface area contributed by atoms with Gasteiger partial charge in [-0.25, -0.2) is 4.79 Å². The van der Waals surface area contributed by atoms with Gasteiger partial charge in [-0.1, -0.05) is 35.9 Å². The maximum absolute atomic E-state index is 11.1. The number of nitrogens with zero attached hydrogens (tertiary/aromatic N) is 2. The number of ether oxygens (including phenoxy) is 1. The van der Waals surface area contributed by atoms with E-state index in [9.17, 15) is 4.79 Å². The molecule has 122 valence electrons. The molecule has 0 radical (unpaired) electrons. The molecule has 0 bridgehead atoms. The largest absolute Gasteiger partial charge is 0.478 e. The molecule has 3 aromatic rings. The fourth-order valence-electron chi connectivity index (χ4n) is 2.18. The van der Waals surface area contributed by atoms with Crippen LogP contribution in [0.5, 0.6) is 10.9 Å². The number of aromatic nitrogens is 2. The van der Waals surface area contributed by atoms with Crippen molar-refractivity contribution in [1.29, 1.82) is 0 Å². The van der Waals surface area contributed by atoms with E-state index in [1.165, 1.54) is 11.6 Å². The SMILES string of the molecule is Cc1ccc(Cc2nsc(Oc3cc(C(=O)O)ccc3C)n2)cc1. The van der Waals surface area contributed by atoms with E-state index in [-0.39, 0.29) is 5.56 Å². The molecule has 6 heteroatoms. The van der Waals surface area contributed by atoms with Crippen LogP contribution in [0.1, 0.15) is 32.9 Å². The van der Waals surface area contributed by atoms with E-state index in [0.717, 1.165) is 22.7 Å². The monoisotopic (exact) mass is 340 g/mol. The van der Waals surface area contributed by atoms with Crippen LogP contribution in [0.3, 0.4) is 0 Å². The lowest BCUT2D eigenvalue weighted by Gasteiger charge is -2.06. The normalized spacial score (nSPS) is 10.6. The van der Waals surface area contributed by atoms with Crippen LogP contribution in [0.4, 0.5) is 0 Å². The molecule has 1 N–H and O–H groups in total. The molecule has 0 atom stereocenters. The molecule has 1 heterocycles. The summed E-state index contributed by atoms with van der Waals surface area (Å²) in [6.45, 7) is 3.90. The van der Waals surface area contributed by atoms with Crippen molar-refractivity contribution in [3.63, 3.8) is 0 Å². The highest BCUT2D eigenvalue weighted by Gasteiger charge is 2.11. The van der Waals surface area contributed by atoms with Crippen molar-refractivity contribution >= 4 is 17.5 Å². The molecule has 24 heavy (non-hydrogen) atoms. The minimum Gasteiger partial charge on any atom is -0.478 e. The number of rotatable bonds is 5. The second-order valence-electron chi connectivity index (χ2n) is 5.53.